The quantitative estimate of drug-likeness (QED) is 0.857. The van der Waals surface area contributed by atoms with Gasteiger partial charge in [0.15, 0.2) is 0 Å². The van der Waals surface area contributed by atoms with Crippen molar-refractivity contribution >= 4 is 0 Å². The van der Waals surface area contributed by atoms with Crippen LogP contribution in [0.15, 0.2) is 42.5 Å². The van der Waals surface area contributed by atoms with Crippen molar-refractivity contribution in [2.24, 2.45) is 0 Å². The first kappa shape index (κ1) is 14.6. The van der Waals surface area contributed by atoms with Crippen LogP contribution in [0.25, 0.3) is 0 Å². The van der Waals surface area contributed by atoms with Gasteiger partial charge in [0.1, 0.15) is 11.5 Å². The van der Waals surface area contributed by atoms with Gasteiger partial charge in [0.25, 0.3) is 0 Å². The summed E-state index contributed by atoms with van der Waals surface area (Å²) in [5.41, 5.74) is 3.60. The van der Waals surface area contributed by atoms with Crippen molar-refractivity contribution < 1.29 is 4.74 Å². The monoisotopic (exact) mass is 269 g/mol. The van der Waals surface area contributed by atoms with Gasteiger partial charge in [0.05, 0.1) is 0 Å². The average molecular weight is 269 g/mol. The third-order valence-corrected chi connectivity index (χ3v) is 3.18. The van der Waals surface area contributed by atoms with Crippen LogP contribution in [-0.4, -0.2) is 6.04 Å². The predicted octanol–water partition coefficient (Wildman–Crippen LogP) is 4.59. The van der Waals surface area contributed by atoms with E-state index in [0.717, 1.165) is 23.6 Å². The molecule has 2 aromatic rings. The van der Waals surface area contributed by atoms with E-state index >= 15 is 0 Å². The largest absolute Gasteiger partial charge is 0.457 e. The zero-order valence-electron chi connectivity index (χ0n) is 12.7. The van der Waals surface area contributed by atoms with E-state index in [0.29, 0.717) is 6.04 Å². The third kappa shape index (κ3) is 4.10. The summed E-state index contributed by atoms with van der Waals surface area (Å²) in [6, 6.07) is 15.0. The van der Waals surface area contributed by atoms with Crippen LogP contribution in [0.2, 0.25) is 0 Å². The molecule has 0 aromatic heterocycles. The normalized spacial score (nSPS) is 10.8. The van der Waals surface area contributed by atoms with Gasteiger partial charge in [-0.3, -0.25) is 0 Å². The maximum atomic E-state index is 6.01. The van der Waals surface area contributed by atoms with Crippen molar-refractivity contribution in [3.63, 3.8) is 0 Å². The lowest BCUT2D eigenvalue weighted by molar-refractivity contribution is 0.477. The Bertz CT molecular complexity index is 575. The molecule has 2 heteroatoms. The van der Waals surface area contributed by atoms with E-state index < -0.39 is 0 Å². The molecule has 0 atom stereocenters. The summed E-state index contributed by atoms with van der Waals surface area (Å²) in [4.78, 5) is 0. The van der Waals surface area contributed by atoms with Gasteiger partial charge >= 0.3 is 0 Å². The minimum Gasteiger partial charge on any atom is -0.457 e. The molecule has 106 valence electrons. The zero-order valence-corrected chi connectivity index (χ0v) is 12.7. The molecule has 2 aromatic carbocycles. The first-order valence-corrected chi connectivity index (χ1v) is 7.12. The number of ether oxygens (including phenoxy) is 1. The van der Waals surface area contributed by atoms with E-state index in [-0.39, 0.29) is 0 Å². The molecule has 0 bridgehead atoms. The van der Waals surface area contributed by atoms with Crippen LogP contribution in [0.3, 0.4) is 0 Å². The molecule has 0 spiro atoms. The highest BCUT2D eigenvalue weighted by atomic mass is 16.5. The number of rotatable bonds is 5. The molecule has 0 aliphatic carbocycles. The van der Waals surface area contributed by atoms with Crippen molar-refractivity contribution in [1.29, 1.82) is 0 Å². The van der Waals surface area contributed by atoms with Gasteiger partial charge in [-0.25, -0.2) is 0 Å². The van der Waals surface area contributed by atoms with Crippen LogP contribution in [0, 0.1) is 13.8 Å². The first-order valence-electron chi connectivity index (χ1n) is 7.12. The van der Waals surface area contributed by atoms with Crippen molar-refractivity contribution in [1.82, 2.24) is 5.32 Å². The molecule has 0 amide bonds. The fraction of sp³-hybridized carbons (Fsp3) is 0.333. The molecule has 0 saturated heterocycles. The van der Waals surface area contributed by atoms with Crippen LogP contribution in [-0.2, 0) is 6.54 Å². The lowest BCUT2D eigenvalue weighted by Crippen LogP contribution is -2.21. The van der Waals surface area contributed by atoms with E-state index in [4.69, 9.17) is 4.74 Å². The average Bonchev–Trinajstić information content (AvgIpc) is 2.41. The molecule has 2 rings (SSSR count). The maximum Gasteiger partial charge on any atom is 0.130 e. The zero-order chi connectivity index (χ0) is 14.5. The number of hydrogen-bond donors (Lipinski definition) is 1. The second-order valence-corrected chi connectivity index (χ2v) is 5.55. The maximum absolute atomic E-state index is 6.01. The molecule has 0 saturated carbocycles. The molecule has 0 heterocycles. The molecule has 0 aliphatic rings. The Labute approximate surface area is 121 Å². The number of aryl methyl sites for hydroxylation is 2. The smallest absolute Gasteiger partial charge is 0.130 e. The summed E-state index contributed by atoms with van der Waals surface area (Å²) in [7, 11) is 0. The number of benzene rings is 2. The Hall–Kier alpha value is -1.80. The minimum atomic E-state index is 0.485. The predicted molar refractivity (Wildman–Crippen MR) is 84.4 cm³/mol. The highest BCUT2D eigenvalue weighted by molar-refractivity contribution is 5.40. The lowest BCUT2D eigenvalue weighted by atomic mass is 10.1. The van der Waals surface area contributed by atoms with E-state index in [9.17, 15) is 0 Å². The Morgan fingerprint density at radius 3 is 2.60 bits per heavy atom. The fourth-order valence-corrected chi connectivity index (χ4v) is 1.99. The van der Waals surface area contributed by atoms with Crippen LogP contribution >= 0.6 is 0 Å². The Balaban J connectivity index is 2.13. The first-order chi connectivity index (χ1) is 9.54. The second-order valence-electron chi connectivity index (χ2n) is 5.55. The summed E-state index contributed by atoms with van der Waals surface area (Å²) >= 11 is 0. The summed E-state index contributed by atoms with van der Waals surface area (Å²) in [6.45, 7) is 9.31. The van der Waals surface area contributed by atoms with Crippen LogP contribution in [0.4, 0.5) is 0 Å². The summed E-state index contributed by atoms with van der Waals surface area (Å²) in [6.07, 6.45) is 0. The second kappa shape index (κ2) is 6.58. The van der Waals surface area contributed by atoms with Gasteiger partial charge in [-0.15, -0.1) is 0 Å². The molecular weight excluding hydrogens is 246 g/mol. The van der Waals surface area contributed by atoms with E-state index in [1.54, 1.807) is 0 Å². The Morgan fingerprint density at radius 2 is 1.85 bits per heavy atom. The van der Waals surface area contributed by atoms with Crippen molar-refractivity contribution in [3.8, 4) is 11.5 Å². The standard InChI is InChI=1S/C18H23NO/c1-13(2)19-12-16-6-5-7-17(11-16)20-18-10-14(3)8-9-15(18)4/h5-11,13,19H,12H2,1-4H3. The van der Waals surface area contributed by atoms with E-state index in [2.05, 4.69) is 63.3 Å². The lowest BCUT2D eigenvalue weighted by Gasteiger charge is -2.12. The highest BCUT2D eigenvalue weighted by Gasteiger charge is 2.03. The van der Waals surface area contributed by atoms with Gasteiger partial charge in [-0.05, 0) is 48.7 Å². The molecule has 1 N–H and O–H groups in total. The van der Waals surface area contributed by atoms with Crippen LogP contribution in [0.5, 0.6) is 11.5 Å². The summed E-state index contributed by atoms with van der Waals surface area (Å²) in [5.74, 6) is 1.82. The highest BCUT2D eigenvalue weighted by Crippen LogP contribution is 2.26. The van der Waals surface area contributed by atoms with Gasteiger partial charge < -0.3 is 10.1 Å². The van der Waals surface area contributed by atoms with Crippen molar-refractivity contribution in [3.05, 3.63) is 59.2 Å². The third-order valence-electron chi connectivity index (χ3n) is 3.18. The number of nitrogens with one attached hydrogen (secondary N) is 1. The van der Waals surface area contributed by atoms with Gasteiger partial charge in [0.2, 0.25) is 0 Å². The molecule has 0 unspecified atom stereocenters. The molecular formula is C18H23NO. The fourth-order valence-electron chi connectivity index (χ4n) is 1.99. The van der Waals surface area contributed by atoms with Crippen LogP contribution < -0.4 is 10.1 Å². The summed E-state index contributed by atoms with van der Waals surface area (Å²) in [5, 5.41) is 3.42. The van der Waals surface area contributed by atoms with Crippen LogP contribution in [0.1, 0.15) is 30.5 Å². The number of hydrogen-bond acceptors (Lipinski definition) is 2. The molecule has 0 radical (unpaired) electrons. The van der Waals surface area contributed by atoms with E-state index in [1.807, 2.05) is 12.1 Å². The molecule has 2 nitrogen and oxygen atoms in total. The SMILES string of the molecule is Cc1ccc(C)c(Oc2cccc(CNC(C)C)c2)c1. The van der Waals surface area contributed by atoms with E-state index in [1.165, 1.54) is 11.1 Å². The Morgan fingerprint density at radius 1 is 1.05 bits per heavy atom. The van der Waals surface area contributed by atoms with Crippen molar-refractivity contribution in [2.45, 2.75) is 40.3 Å². The topological polar surface area (TPSA) is 21.3 Å². The van der Waals surface area contributed by atoms with Gasteiger partial charge in [-0.2, -0.15) is 0 Å². The Kier molecular flexibility index (Phi) is 4.80. The van der Waals surface area contributed by atoms with Crippen molar-refractivity contribution in [2.75, 3.05) is 0 Å². The minimum absolute atomic E-state index is 0.485. The molecule has 0 fully saturated rings. The molecule has 20 heavy (non-hydrogen) atoms. The summed E-state index contributed by atoms with van der Waals surface area (Å²) < 4.78 is 6.01. The van der Waals surface area contributed by atoms with Gasteiger partial charge in [-0.1, -0.05) is 38.1 Å². The molecule has 0 aliphatic heterocycles. The van der Waals surface area contributed by atoms with Gasteiger partial charge in [0, 0.05) is 12.6 Å².